The van der Waals surface area contributed by atoms with Crippen LogP contribution in [0, 0.1) is 0 Å². The first-order chi connectivity index (χ1) is 12.7. The first kappa shape index (κ1) is 16.8. The van der Waals surface area contributed by atoms with Gasteiger partial charge in [-0.25, -0.2) is 16.4 Å². The lowest BCUT2D eigenvalue weighted by Crippen LogP contribution is -2.46. The smallest absolute Gasteiger partial charge is 0.155 e. The Morgan fingerprint density at radius 1 is 1.23 bits per heavy atom. The molecule has 1 aliphatic heterocycles. The van der Waals surface area contributed by atoms with Gasteiger partial charge in [-0.05, 0) is 12.1 Å². The normalized spacial score (nSPS) is 16.3. The molecular formula is C17H22N8S. The van der Waals surface area contributed by atoms with Crippen molar-refractivity contribution < 1.29 is 0 Å². The zero-order valence-corrected chi connectivity index (χ0v) is 15.2. The lowest BCUT2D eigenvalue weighted by atomic mass is 10.2. The molecule has 1 aromatic carbocycles. The molecule has 0 radical (unpaired) electrons. The maximum atomic E-state index is 5.97. The molecule has 0 saturated carbocycles. The van der Waals surface area contributed by atoms with Gasteiger partial charge in [0.05, 0.1) is 28.0 Å². The molecule has 0 unspecified atom stereocenters. The number of nitrogens with one attached hydrogen (secondary N) is 2. The Labute approximate surface area is 155 Å². The first-order valence-electron chi connectivity index (χ1n) is 8.52. The van der Waals surface area contributed by atoms with E-state index in [1.165, 1.54) is 9.71 Å². The molecule has 1 aliphatic rings. The third-order valence-electron chi connectivity index (χ3n) is 4.59. The number of H-pyrrole nitrogens is 1. The van der Waals surface area contributed by atoms with E-state index in [-0.39, 0.29) is 0 Å². The quantitative estimate of drug-likeness (QED) is 0.231. The van der Waals surface area contributed by atoms with Gasteiger partial charge in [0, 0.05) is 38.6 Å². The van der Waals surface area contributed by atoms with Crippen LogP contribution in [-0.4, -0.2) is 46.9 Å². The van der Waals surface area contributed by atoms with E-state index in [4.69, 9.17) is 16.6 Å². The minimum Gasteiger partial charge on any atom is -0.382 e. The van der Waals surface area contributed by atoms with Gasteiger partial charge < -0.3 is 15.6 Å². The number of para-hydroxylation sites is 1. The first-order valence-corrected chi connectivity index (χ1v) is 9.34. The molecule has 8 nitrogen and oxygen atoms in total. The molecule has 0 bridgehead atoms. The third-order valence-corrected chi connectivity index (χ3v) is 5.62. The van der Waals surface area contributed by atoms with E-state index < -0.39 is 0 Å². The number of aromatic nitrogens is 2. The molecule has 136 valence electrons. The van der Waals surface area contributed by atoms with Crippen LogP contribution in [0.3, 0.4) is 0 Å². The van der Waals surface area contributed by atoms with Gasteiger partial charge in [0.2, 0.25) is 0 Å². The highest BCUT2D eigenvalue weighted by Gasteiger charge is 2.21. The van der Waals surface area contributed by atoms with Gasteiger partial charge in [-0.2, -0.15) is 0 Å². The topological polar surface area (TPSA) is 112 Å². The van der Waals surface area contributed by atoms with Gasteiger partial charge in [-0.3, -0.25) is 4.90 Å². The summed E-state index contributed by atoms with van der Waals surface area (Å²) in [5, 5.41) is 5.05. The van der Waals surface area contributed by atoms with Crippen LogP contribution in [0.5, 0.6) is 0 Å². The highest BCUT2D eigenvalue weighted by molar-refractivity contribution is 7.18. The Morgan fingerprint density at radius 3 is 2.81 bits per heavy atom. The molecular weight excluding hydrogens is 348 g/mol. The standard InChI is InChI=1S/C17H22N8S/c18-17(22-23-19)12-9-20-10-14(12)25-7-5-24(6-8-25)11-16-21-13-3-1-2-4-15(13)26-16/h1-4,9-10,20,23H,5-8,11,19H2,(H2,18,22). The van der Waals surface area contributed by atoms with Crippen molar-refractivity contribution in [1.29, 1.82) is 0 Å². The number of nitrogens with zero attached hydrogens (tertiary/aromatic N) is 4. The maximum absolute atomic E-state index is 5.97. The average Bonchev–Trinajstić information content (AvgIpc) is 3.29. The summed E-state index contributed by atoms with van der Waals surface area (Å²) in [6.45, 7) is 4.71. The lowest BCUT2D eigenvalue weighted by Gasteiger charge is -2.35. The molecule has 2 aromatic heterocycles. The summed E-state index contributed by atoms with van der Waals surface area (Å²) in [4.78, 5) is 12.6. The number of thiazole rings is 1. The zero-order valence-electron chi connectivity index (χ0n) is 14.4. The molecule has 26 heavy (non-hydrogen) atoms. The van der Waals surface area contributed by atoms with Gasteiger partial charge in [-0.1, -0.05) is 12.1 Å². The highest BCUT2D eigenvalue weighted by Crippen LogP contribution is 2.25. The SMILES string of the molecule is NN/N=C(\N)c1c[nH]cc1N1CCN(Cc2nc3ccccc3s2)CC1. The molecule has 0 amide bonds. The Kier molecular flexibility index (Phi) is 4.74. The van der Waals surface area contributed by atoms with Crippen molar-refractivity contribution in [2.75, 3.05) is 31.1 Å². The van der Waals surface area contributed by atoms with Crippen LogP contribution in [0.1, 0.15) is 10.6 Å². The summed E-state index contributed by atoms with van der Waals surface area (Å²) >= 11 is 1.78. The van der Waals surface area contributed by atoms with E-state index >= 15 is 0 Å². The number of amidine groups is 1. The second kappa shape index (κ2) is 7.32. The molecule has 0 atom stereocenters. The summed E-state index contributed by atoms with van der Waals surface area (Å²) in [6, 6.07) is 8.30. The van der Waals surface area contributed by atoms with Crippen molar-refractivity contribution in [3.63, 3.8) is 0 Å². The van der Waals surface area contributed by atoms with E-state index in [9.17, 15) is 0 Å². The van der Waals surface area contributed by atoms with Crippen molar-refractivity contribution in [2.45, 2.75) is 6.54 Å². The van der Waals surface area contributed by atoms with E-state index in [0.717, 1.165) is 49.5 Å². The van der Waals surface area contributed by atoms with Gasteiger partial charge >= 0.3 is 0 Å². The van der Waals surface area contributed by atoms with Crippen LogP contribution in [0.2, 0.25) is 0 Å². The molecule has 4 rings (SSSR count). The fraction of sp³-hybridized carbons (Fsp3) is 0.294. The van der Waals surface area contributed by atoms with Gasteiger partial charge in [0.15, 0.2) is 5.84 Å². The molecule has 3 heterocycles. The fourth-order valence-corrected chi connectivity index (χ4v) is 4.29. The molecule has 1 fully saturated rings. The number of hydrogen-bond acceptors (Lipinski definition) is 7. The van der Waals surface area contributed by atoms with E-state index in [1.54, 1.807) is 11.3 Å². The van der Waals surface area contributed by atoms with Crippen LogP contribution in [0.4, 0.5) is 5.69 Å². The predicted octanol–water partition coefficient (Wildman–Crippen LogP) is 1.03. The van der Waals surface area contributed by atoms with Crippen LogP contribution < -0.4 is 22.0 Å². The Hall–Kier alpha value is -2.62. The number of nitrogens with two attached hydrogens (primary N) is 2. The number of hydrogen-bond donors (Lipinski definition) is 4. The summed E-state index contributed by atoms with van der Waals surface area (Å²) in [5.41, 5.74) is 11.2. The van der Waals surface area contributed by atoms with Crippen LogP contribution in [0.15, 0.2) is 41.8 Å². The highest BCUT2D eigenvalue weighted by atomic mass is 32.1. The number of hydrazone groups is 1. The maximum Gasteiger partial charge on any atom is 0.155 e. The number of hydrazine groups is 1. The summed E-state index contributed by atoms with van der Waals surface area (Å²) in [6.07, 6.45) is 3.80. The van der Waals surface area contributed by atoms with E-state index in [2.05, 4.69) is 43.6 Å². The Bertz CT molecular complexity index is 873. The van der Waals surface area contributed by atoms with E-state index in [0.29, 0.717) is 5.84 Å². The number of rotatable bonds is 5. The fourth-order valence-electron chi connectivity index (χ4n) is 3.28. The molecule has 3 aromatic rings. The van der Waals surface area contributed by atoms with Gasteiger partial charge in [0.1, 0.15) is 5.01 Å². The minimum atomic E-state index is 0.376. The molecule has 9 heteroatoms. The summed E-state index contributed by atoms with van der Waals surface area (Å²) in [7, 11) is 0. The van der Waals surface area contributed by atoms with Crippen molar-refractivity contribution in [3.8, 4) is 0 Å². The van der Waals surface area contributed by atoms with Crippen molar-refractivity contribution in [3.05, 3.63) is 47.2 Å². The number of benzene rings is 1. The number of fused-ring (bicyclic) bond motifs is 1. The number of aromatic amines is 1. The van der Waals surface area contributed by atoms with Gasteiger partial charge in [0.25, 0.3) is 0 Å². The zero-order chi connectivity index (χ0) is 17.9. The predicted molar refractivity (Wildman–Crippen MR) is 106 cm³/mol. The van der Waals surface area contributed by atoms with Gasteiger partial charge in [-0.15, -0.1) is 16.4 Å². The molecule has 0 aliphatic carbocycles. The van der Waals surface area contributed by atoms with Crippen LogP contribution >= 0.6 is 11.3 Å². The molecule has 0 spiro atoms. The molecule has 6 N–H and O–H groups in total. The average molecular weight is 370 g/mol. The van der Waals surface area contributed by atoms with Crippen LogP contribution in [0.25, 0.3) is 10.2 Å². The molecule has 1 saturated heterocycles. The summed E-state index contributed by atoms with van der Waals surface area (Å²) < 4.78 is 1.25. The summed E-state index contributed by atoms with van der Waals surface area (Å²) in [5.74, 6) is 5.61. The lowest BCUT2D eigenvalue weighted by molar-refractivity contribution is 0.249. The van der Waals surface area contributed by atoms with E-state index in [1.807, 2.05) is 18.5 Å². The third kappa shape index (κ3) is 3.36. The Balaban J connectivity index is 1.40. The second-order valence-corrected chi connectivity index (χ2v) is 7.33. The van der Waals surface area contributed by atoms with Crippen molar-refractivity contribution in [2.24, 2.45) is 16.7 Å². The van der Waals surface area contributed by atoms with Crippen LogP contribution in [-0.2, 0) is 6.54 Å². The Morgan fingerprint density at radius 2 is 2.04 bits per heavy atom. The van der Waals surface area contributed by atoms with Crippen molar-refractivity contribution >= 4 is 33.1 Å². The van der Waals surface area contributed by atoms with Crippen molar-refractivity contribution in [1.82, 2.24) is 20.4 Å². The second-order valence-electron chi connectivity index (χ2n) is 6.22. The number of piperazine rings is 1. The number of anilines is 1. The monoisotopic (exact) mass is 370 g/mol. The largest absolute Gasteiger partial charge is 0.382 e. The minimum absolute atomic E-state index is 0.376.